The van der Waals surface area contributed by atoms with Gasteiger partial charge in [0.25, 0.3) is 0 Å². The Balaban J connectivity index is 0.000000134. The number of rotatable bonds is 6. The quantitative estimate of drug-likeness (QED) is 0.121. The Morgan fingerprint density at radius 3 is 1.38 bits per heavy atom. The number of hydrogen-bond donors (Lipinski definition) is 0. The van der Waals surface area contributed by atoms with Gasteiger partial charge in [-0.2, -0.15) is 47.3 Å². The van der Waals surface area contributed by atoms with Crippen molar-refractivity contribution in [3.05, 3.63) is 275 Å². The minimum Gasteiger partial charge on any atom is 0 e. The van der Waals surface area contributed by atoms with Gasteiger partial charge >= 0.3 is 152 Å². The summed E-state index contributed by atoms with van der Waals surface area (Å²) in [4.78, 5) is 2.49. The molecule has 0 aliphatic carbocycles. The fourth-order valence-corrected chi connectivity index (χ4v) is 15.7. The molecule has 4 aromatic heterocycles. The number of sulfone groups is 1. The summed E-state index contributed by atoms with van der Waals surface area (Å²) in [5.74, 6) is 0. The van der Waals surface area contributed by atoms with Crippen molar-refractivity contribution < 1.29 is 71.1 Å². The summed E-state index contributed by atoms with van der Waals surface area (Å²) in [5.41, 5.74) is 15.3. The molecule has 81 heavy (non-hydrogen) atoms. The van der Waals surface area contributed by atoms with E-state index < -0.39 is 20.6 Å². The SMILES string of the molecule is [CH2-]c1ccccc1-n1cc(-c2ccc3c(c2)S(=O)(=O)c2ccccc2-3)cn1.[CH2-]c1ccccc1-n1cc(-c2ccc3c(c2)S(=O)c2ccccc2-3)cn1.[CH2-]c1ccccc1-n1cc(-c2ccc3c(c2)[se]c2ccccc23)cn1.[Rh].[Rh].[Rh]. The van der Waals surface area contributed by atoms with Crippen molar-refractivity contribution in [2.24, 2.45) is 0 Å². The molecule has 15 heteroatoms. The minimum atomic E-state index is -3.48. The molecule has 9 nitrogen and oxygen atoms in total. The second-order valence-electron chi connectivity index (χ2n) is 18.9. The molecule has 0 saturated carbocycles. The van der Waals surface area contributed by atoms with Crippen molar-refractivity contribution in [2.45, 2.75) is 19.6 Å². The summed E-state index contributed by atoms with van der Waals surface area (Å²) >= 11 is 0.387. The molecular formula is C66H45N6O3Rh3S2Se-3. The van der Waals surface area contributed by atoms with Crippen LogP contribution >= 0.6 is 0 Å². The van der Waals surface area contributed by atoms with E-state index in [-0.39, 0.29) is 58.4 Å². The number of aromatic nitrogens is 6. The molecular weight excluding hydrogens is 1380 g/mol. The molecule has 0 fully saturated rings. The van der Waals surface area contributed by atoms with Crippen LogP contribution in [0.25, 0.3) is 92.0 Å². The van der Waals surface area contributed by atoms with E-state index in [0.717, 1.165) is 93.6 Å². The zero-order valence-electron chi connectivity index (χ0n) is 42.8. The number of nitrogens with zero attached hydrogens (tertiary/aromatic N) is 6. The van der Waals surface area contributed by atoms with Crippen LogP contribution in [0.2, 0.25) is 0 Å². The maximum atomic E-state index is 12.9. The van der Waals surface area contributed by atoms with Gasteiger partial charge < -0.3 is 0 Å². The van der Waals surface area contributed by atoms with Gasteiger partial charge in [-0.25, -0.2) is 12.6 Å². The maximum absolute atomic E-state index is 12.9. The van der Waals surface area contributed by atoms with Crippen molar-refractivity contribution in [1.82, 2.24) is 29.3 Å². The Labute approximate surface area is 517 Å². The number of para-hydroxylation sites is 3. The smallest absolute Gasteiger partial charge is 0 e. The maximum Gasteiger partial charge on any atom is 0 e. The van der Waals surface area contributed by atoms with Crippen LogP contribution in [-0.2, 0) is 79.1 Å². The van der Waals surface area contributed by atoms with Crippen LogP contribution in [0, 0.1) is 20.8 Å². The summed E-state index contributed by atoms with van der Waals surface area (Å²) in [7, 11) is -4.61. The zero-order chi connectivity index (χ0) is 53.1. The van der Waals surface area contributed by atoms with Crippen molar-refractivity contribution in [1.29, 1.82) is 0 Å². The predicted octanol–water partition coefficient (Wildman–Crippen LogP) is 14.5. The predicted molar refractivity (Wildman–Crippen MR) is 313 cm³/mol. The van der Waals surface area contributed by atoms with Crippen molar-refractivity contribution in [3.8, 4) is 72.7 Å². The van der Waals surface area contributed by atoms with Gasteiger partial charge in [-0.15, -0.1) is 12.1 Å². The second kappa shape index (κ2) is 23.7. The van der Waals surface area contributed by atoms with E-state index in [0.29, 0.717) is 24.3 Å². The van der Waals surface area contributed by atoms with Crippen LogP contribution in [0.3, 0.4) is 0 Å². The minimum absolute atomic E-state index is 0. The van der Waals surface area contributed by atoms with Gasteiger partial charge in [0.1, 0.15) is 0 Å². The molecule has 0 N–H and O–H groups in total. The van der Waals surface area contributed by atoms with Crippen molar-refractivity contribution in [3.63, 3.8) is 0 Å². The summed E-state index contributed by atoms with van der Waals surface area (Å²) in [6, 6.07) is 65.9. The van der Waals surface area contributed by atoms with Gasteiger partial charge in [0.05, 0.1) is 42.8 Å². The standard InChI is InChI=1S/C22H15N2O2S.C22H15N2OS.C22H15N2Se.3Rh/c1-15-6-2-4-8-20(15)24-14-17(13-23-24)16-10-11-19-18-7-3-5-9-21(18)27(25,26)22(19)12-16;1-15-6-2-4-8-20(15)24-14-17(13-23-24)16-10-11-19-18-7-3-5-9-21(18)26(25)22(19)12-16;1-15-6-2-4-8-20(15)24-14-17(13-23-24)16-10-11-19-18-7-3-5-9-21(18)25-22(19)12-16;;;/h2-14H,1H2;2-14H,1H2;2-14H,1H2;;;/q3*-1;;;. The van der Waals surface area contributed by atoms with Crippen LogP contribution < -0.4 is 0 Å². The Hall–Kier alpha value is -7.29. The Morgan fingerprint density at radius 1 is 0.383 bits per heavy atom. The van der Waals surface area contributed by atoms with Gasteiger partial charge in [-0.05, 0) is 57.9 Å². The van der Waals surface area contributed by atoms with Crippen LogP contribution in [0.15, 0.2) is 257 Å². The first-order valence-electron chi connectivity index (χ1n) is 25.0. The van der Waals surface area contributed by atoms with E-state index in [4.69, 9.17) is 0 Å². The molecule has 3 radical (unpaired) electrons. The molecule has 6 heterocycles. The molecule has 15 rings (SSSR count). The number of benzene rings is 9. The average molecular weight is 1420 g/mol. The Morgan fingerprint density at radius 2 is 0.802 bits per heavy atom. The molecule has 1 unspecified atom stereocenters. The normalized spacial score (nSPS) is 12.9. The molecule has 0 saturated heterocycles. The number of hydrogen-bond acceptors (Lipinski definition) is 6. The molecule has 0 bridgehead atoms. The molecule has 0 spiro atoms. The third-order valence-corrected chi connectivity index (χ3v) is 19.9. The summed E-state index contributed by atoms with van der Waals surface area (Å²) in [6.45, 7) is 12.2. The molecule has 0 amide bonds. The average Bonchev–Trinajstić information content (AvgIpc) is 4.48. The van der Waals surface area contributed by atoms with Crippen LogP contribution in [-0.4, -0.2) is 56.5 Å². The molecule has 2 aliphatic heterocycles. The second-order valence-corrected chi connectivity index (χ2v) is 24.5. The molecule has 2 aliphatic rings. The van der Waals surface area contributed by atoms with E-state index in [1.807, 2.05) is 162 Å². The van der Waals surface area contributed by atoms with Gasteiger partial charge in [0.15, 0.2) is 0 Å². The monoisotopic (exact) mass is 1420 g/mol. The van der Waals surface area contributed by atoms with Gasteiger partial charge in [0, 0.05) is 93.1 Å². The fourth-order valence-electron chi connectivity index (χ4n) is 10.2. The summed E-state index contributed by atoms with van der Waals surface area (Å²) in [5, 5.41) is 16.2. The first kappa shape index (κ1) is 57.0. The third-order valence-electron chi connectivity index (χ3n) is 14.1. The van der Waals surface area contributed by atoms with Gasteiger partial charge in [-0.3, -0.25) is 9.36 Å². The molecule has 9 aromatic carbocycles. The van der Waals surface area contributed by atoms with Crippen LogP contribution in [0.5, 0.6) is 0 Å². The summed E-state index contributed by atoms with van der Waals surface area (Å²) < 4.78 is 47.1. The third kappa shape index (κ3) is 10.7. The van der Waals surface area contributed by atoms with E-state index in [2.05, 4.69) is 96.9 Å². The van der Waals surface area contributed by atoms with E-state index >= 15 is 0 Å². The van der Waals surface area contributed by atoms with E-state index in [9.17, 15) is 12.6 Å². The van der Waals surface area contributed by atoms with E-state index in [1.54, 1.807) is 29.1 Å². The molecule has 13 aromatic rings. The van der Waals surface area contributed by atoms with Gasteiger partial charge in [-0.1, -0.05) is 84.9 Å². The van der Waals surface area contributed by atoms with Crippen LogP contribution in [0.1, 0.15) is 16.7 Å². The summed E-state index contributed by atoms with van der Waals surface area (Å²) in [6.07, 6.45) is 11.5. The first-order valence-corrected chi connectivity index (χ1v) is 29.4. The largest absolute Gasteiger partial charge is 0 e. The fraction of sp³-hybridized carbons (Fsp3) is 0. The Kier molecular flexibility index (Phi) is 16.6. The van der Waals surface area contributed by atoms with Crippen molar-refractivity contribution in [2.75, 3.05) is 0 Å². The van der Waals surface area contributed by atoms with Crippen LogP contribution in [0.4, 0.5) is 0 Å². The Bertz CT molecular complexity index is 4640. The number of fused-ring (bicyclic) bond motifs is 9. The van der Waals surface area contributed by atoms with Gasteiger partial charge in [0.2, 0.25) is 9.84 Å². The van der Waals surface area contributed by atoms with Crippen molar-refractivity contribution >= 4 is 54.4 Å². The topological polar surface area (TPSA) is 105 Å². The van der Waals surface area contributed by atoms with E-state index in [1.165, 1.54) is 24.9 Å². The molecule has 1 atom stereocenters. The first-order chi connectivity index (χ1) is 38.1. The molecule has 405 valence electrons. The zero-order valence-corrected chi connectivity index (χ0v) is 51.0.